The number of nitriles is 1. The van der Waals surface area contributed by atoms with Crippen LogP contribution in [0.25, 0.3) is 0 Å². The Morgan fingerprint density at radius 1 is 1.03 bits per heavy atom. The Labute approximate surface area is 181 Å². The van der Waals surface area contributed by atoms with Gasteiger partial charge >= 0.3 is 5.97 Å². The van der Waals surface area contributed by atoms with Gasteiger partial charge in [0, 0.05) is 5.56 Å². The maximum absolute atomic E-state index is 12.7. The van der Waals surface area contributed by atoms with Crippen molar-refractivity contribution in [2.45, 2.75) is 26.9 Å². The molecule has 3 atom stereocenters. The van der Waals surface area contributed by atoms with Crippen LogP contribution in [-0.2, 0) is 9.53 Å². The summed E-state index contributed by atoms with van der Waals surface area (Å²) in [5, 5.41) is 9.56. The maximum Gasteiger partial charge on any atom is 0.310 e. The predicted molar refractivity (Wildman–Crippen MR) is 115 cm³/mol. The minimum absolute atomic E-state index is 0.103. The van der Waals surface area contributed by atoms with E-state index in [-0.39, 0.29) is 16.3 Å². The zero-order valence-electron chi connectivity index (χ0n) is 16.5. The van der Waals surface area contributed by atoms with Crippen LogP contribution >= 0.6 is 23.2 Å². The van der Waals surface area contributed by atoms with Crippen molar-refractivity contribution >= 4 is 29.2 Å². The average Bonchev–Trinajstić information content (AvgIpc) is 2.70. The number of halogens is 2. The molecule has 0 heterocycles. The van der Waals surface area contributed by atoms with Crippen LogP contribution in [0, 0.1) is 29.1 Å². The van der Waals surface area contributed by atoms with Gasteiger partial charge in [-0.3, -0.25) is 4.79 Å². The summed E-state index contributed by atoms with van der Waals surface area (Å²) in [6, 6.07) is 18.3. The van der Waals surface area contributed by atoms with Crippen molar-refractivity contribution in [1.29, 1.82) is 5.26 Å². The molecular formula is C23H23Cl2NO3. The van der Waals surface area contributed by atoms with E-state index < -0.39 is 18.0 Å². The normalized spacial score (nSPS) is 13.7. The van der Waals surface area contributed by atoms with Crippen LogP contribution in [0.5, 0.6) is 11.5 Å². The molecule has 0 saturated carbocycles. The summed E-state index contributed by atoms with van der Waals surface area (Å²) in [6.07, 6.45) is 0.586. The number of esters is 1. The average molecular weight is 432 g/mol. The molecule has 0 N–H and O–H groups in total. The summed E-state index contributed by atoms with van der Waals surface area (Å²) in [5.41, 5.74) is 0.536. The van der Waals surface area contributed by atoms with Gasteiger partial charge in [0.15, 0.2) is 0 Å². The zero-order chi connectivity index (χ0) is 21.4. The monoisotopic (exact) mass is 431 g/mol. The molecule has 2 rings (SSSR count). The third kappa shape index (κ3) is 6.81. The molecule has 29 heavy (non-hydrogen) atoms. The Hall–Kier alpha value is -2.48. The highest BCUT2D eigenvalue weighted by Gasteiger charge is 2.29. The molecule has 2 aromatic carbocycles. The Balaban J connectivity index is 2.15. The lowest BCUT2D eigenvalue weighted by Crippen LogP contribution is -2.26. The Morgan fingerprint density at radius 3 is 2.28 bits per heavy atom. The lowest BCUT2D eigenvalue weighted by molar-refractivity contribution is -0.153. The molecule has 0 aromatic heterocycles. The van der Waals surface area contributed by atoms with Crippen molar-refractivity contribution in [3.63, 3.8) is 0 Å². The molecule has 0 spiro atoms. The summed E-state index contributed by atoms with van der Waals surface area (Å²) in [7, 11) is 0. The van der Waals surface area contributed by atoms with E-state index >= 15 is 0 Å². The second kappa shape index (κ2) is 10.9. The highest BCUT2D eigenvalue weighted by atomic mass is 35.5. The van der Waals surface area contributed by atoms with Gasteiger partial charge in [0.05, 0.1) is 5.92 Å². The van der Waals surface area contributed by atoms with Crippen LogP contribution in [0.15, 0.2) is 65.2 Å². The molecule has 6 heteroatoms. The van der Waals surface area contributed by atoms with Crippen molar-refractivity contribution in [3.8, 4) is 17.6 Å². The molecule has 0 bridgehead atoms. The third-order valence-corrected chi connectivity index (χ3v) is 4.78. The van der Waals surface area contributed by atoms with Crippen molar-refractivity contribution < 1.29 is 14.3 Å². The summed E-state index contributed by atoms with van der Waals surface area (Å²) < 4.78 is 11.4. The van der Waals surface area contributed by atoms with Gasteiger partial charge in [-0.25, -0.2) is 0 Å². The predicted octanol–water partition coefficient (Wildman–Crippen LogP) is 6.81. The van der Waals surface area contributed by atoms with Gasteiger partial charge in [-0.05, 0) is 42.2 Å². The molecule has 0 fully saturated rings. The van der Waals surface area contributed by atoms with E-state index in [2.05, 4.69) is 0 Å². The topological polar surface area (TPSA) is 59.3 Å². The van der Waals surface area contributed by atoms with Gasteiger partial charge in [0.1, 0.15) is 22.1 Å². The van der Waals surface area contributed by atoms with Crippen LogP contribution in [0.1, 0.15) is 32.4 Å². The Morgan fingerprint density at radius 2 is 1.69 bits per heavy atom. The third-order valence-electron chi connectivity index (χ3n) is 4.53. The Kier molecular flexibility index (Phi) is 8.57. The fourth-order valence-electron chi connectivity index (χ4n) is 2.97. The highest BCUT2D eigenvalue weighted by molar-refractivity contribution is 6.55. The molecule has 0 saturated heterocycles. The van der Waals surface area contributed by atoms with Crippen LogP contribution in [0.4, 0.5) is 0 Å². The number of allylic oxidation sites excluding steroid dienone is 1. The second-order valence-corrected chi connectivity index (χ2v) is 8.01. The number of hydrogen-bond acceptors (Lipinski definition) is 4. The molecule has 4 nitrogen and oxygen atoms in total. The van der Waals surface area contributed by atoms with Crippen LogP contribution < -0.4 is 4.74 Å². The number of carbonyl (C=O) groups is 1. The van der Waals surface area contributed by atoms with Crippen LogP contribution in [0.2, 0.25) is 0 Å². The highest BCUT2D eigenvalue weighted by Crippen LogP contribution is 2.30. The minimum Gasteiger partial charge on any atom is -0.457 e. The van der Waals surface area contributed by atoms with Gasteiger partial charge in [-0.1, -0.05) is 74.3 Å². The SMILES string of the molecule is CC(C)C(C=C(Cl)Cl)C(C)C(=O)OC(C#N)c1cccc(Oc2ccccc2)c1. The van der Waals surface area contributed by atoms with Gasteiger partial charge in [0.2, 0.25) is 6.10 Å². The Bertz CT molecular complexity index is 886. The quantitative estimate of drug-likeness (QED) is 0.430. The number of para-hydroxylation sites is 1. The van der Waals surface area contributed by atoms with Crippen molar-refractivity contribution in [3.05, 3.63) is 70.7 Å². The number of carbonyl (C=O) groups excluding carboxylic acids is 1. The molecule has 0 radical (unpaired) electrons. The molecule has 3 unspecified atom stereocenters. The van der Waals surface area contributed by atoms with Gasteiger partial charge in [0.25, 0.3) is 0 Å². The number of benzene rings is 2. The molecule has 0 aliphatic carbocycles. The molecule has 0 aliphatic rings. The van der Waals surface area contributed by atoms with Gasteiger partial charge in [-0.15, -0.1) is 0 Å². The van der Waals surface area contributed by atoms with Crippen molar-refractivity contribution in [1.82, 2.24) is 0 Å². The van der Waals surface area contributed by atoms with E-state index in [1.165, 1.54) is 0 Å². The maximum atomic E-state index is 12.7. The fraction of sp³-hybridized carbons (Fsp3) is 0.304. The zero-order valence-corrected chi connectivity index (χ0v) is 18.0. The fourth-order valence-corrected chi connectivity index (χ4v) is 3.27. The van der Waals surface area contributed by atoms with E-state index in [4.69, 9.17) is 32.7 Å². The molecule has 2 aromatic rings. The standard InChI is InChI=1S/C23H23Cl2NO3/c1-15(2)20(13-22(24)25)16(3)23(27)29-21(14-26)17-8-7-11-19(12-17)28-18-9-5-4-6-10-18/h4-13,15-16,20-21H,1-3H3. The first-order valence-corrected chi connectivity index (χ1v) is 10.0. The van der Waals surface area contributed by atoms with Crippen molar-refractivity contribution in [2.75, 3.05) is 0 Å². The summed E-state index contributed by atoms with van der Waals surface area (Å²) >= 11 is 11.6. The number of nitrogens with zero attached hydrogens (tertiary/aromatic N) is 1. The number of hydrogen-bond donors (Lipinski definition) is 0. The van der Waals surface area contributed by atoms with E-state index in [1.807, 2.05) is 50.2 Å². The lowest BCUT2D eigenvalue weighted by atomic mass is 9.84. The molecule has 152 valence electrons. The smallest absolute Gasteiger partial charge is 0.310 e. The van der Waals surface area contributed by atoms with Gasteiger partial charge < -0.3 is 9.47 Å². The molecule has 0 aliphatic heterocycles. The lowest BCUT2D eigenvalue weighted by Gasteiger charge is -2.24. The largest absolute Gasteiger partial charge is 0.457 e. The first kappa shape index (κ1) is 22.8. The van der Waals surface area contributed by atoms with Crippen LogP contribution in [-0.4, -0.2) is 5.97 Å². The summed E-state index contributed by atoms with van der Waals surface area (Å²) in [6.45, 7) is 5.67. The first-order valence-electron chi connectivity index (χ1n) is 9.27. The van der Waals surface area contributed by atoms with E-state index in [0.29, 0.717) is 17.1 Å². The van der Waals surface area contributed by atoms with Crippen molar-refractivity contribution in [2.24, 2.45) is 17.8 Å². The molecule has 0 amide bonds. The van der Waals surface area contributed by atoms with E-state index in [9.17, 15) is 10.1 Å². The van der Waals surface area contributed by atoms with E-state index in [1.54, 1.807) is 37.3 Å². The minimum atomic E-state index is -1.05. The van der Waals surface area contributed by atoms with Crippen LogP contribution in [0.3, 0.4) is 0 Å². The van der Waals surface area contributed by atoms with Gasteiger partial charge in [-0.2, -0.15) is 5.26 Å². The van der Waals surface area contributed by atoms with E-state index in [0.717, 1.165) is 0 Å². The first-order chi connectivity index (χ1) is 13.8. The summed E-state index contributed by atoms with van der Waals surface area (Å²) in [5.74, 6) is 0.133. The number of ether oxygens (including phenoxy) is 2. The second-order valence-electron chi connectivity index (χ2n) is 7.00. The molecular weight excluding hydrogens is 409 g/mol. The summed E-state index contributed by atoms with van der Waals surface area (Å²) in [4.78, 5) is 12.7. The number of rotatable bonds is 8.